The number of hydrogen-bond donors (Lipinski definition) is 0. The summed E-state index contributed by atoms with van der Waals surface area (Å²) in [6, 6.07) is 64.3. The molecule has 0 atom stereocenters. The van der Waals surface area contributed by atoms with E-state index >= 15 is 0 Å². The molecule has 0 radical (unpaired) electrons. The lowest BCUT2D eigenvalue weighted by atomic mass is 9.93. The minimum atomic E-state index is 1.17. The lowest BCUT2D eigenvalue weighted by Gasteiger charge is -2.13. The van der Waals surface area contributed by atoms with Crippen molar-refractivity contribution in [3.05, 3.63) is 176 Å². The summed E-state index contributed by atoms with van der Waals surface area (Å²) in [4.78, 5) is 0. The molecule has 0 spiro atoms. The molecule has 0 unspecified atom stereocenters. The van der Waals surface area contributed by atoms with Crippen molar-refractivity contribution in [1.82, 2.24) is 4.57 Å². The first-order chi connectivity index (χ1) is 23.8. The third kappa shape index (κ3) is 4.24. The molecule has 0 amide bonds. The SMILES string of the molecule is c1ccc(-c2cc(-c3ccccc3)cc(-c3ccc(-n4c5ccc6ccccc6c5c5ccc6c7ccccc7sc6c54)cc3)c2)cc1. The molecular formula is C46H29NS. The Kier molecular flexibility index (Phi) is 6.12. The maximum Gasteiger partial charge on any atom is 0.0719 e. The van der Waals surface area contributed by atoms with Crippen LogP contribution in [0.2, 0.25) is 0 Å². The predicted octanol–water partition coefficient (Wildman–Crippen LogP) is 13.3. The number of benzene rings is 8. The summed E-state index contributed by atoms with van der Waals surface area (Å²) in [5.41, 5.74) is 11.0. The van der Waals surface area contributed by atoms with Crippen LogP contribution in [0.5, 0.6) is 0 Å². The van der Waals surface area contributed by atoms with Crippen LogP contribution < -0.4 is 0 Å². The van der Waals surface area contributed by atoms with E-state index in [1.165, 1.54) is 91.8 Å². The summed E-state index contributed by atoms with van der Waals surface area (Å²) in [5, 5.41) is 7.82. The molecule has 2 aromatic heterocycles. The first-order valence-electron chi connectivity index (χ1n) is 16.4. The van der Waals surface area contributed by atoms with Gasteiger partial charge in [0.15, 0.2) is 0 Å². The number of fused-ring (bicyclic) bond motifs is 9. The summed E-state index contributed by atoms with van der Waals surface area (Å²) in [6.45, 7) is 0. The molecule has 0 aliphatic rings. The van der Waals surface area contributed by atoms with Crippen molar-refractivity contribution < 1.29 is 0 Å². The minimum absolute atomic E-state index is 1.17. The van der Waals surface area contributed by atoms with Gasteiger partial charge in [0.1, 0.15) is 0 Å². The zero-order chi connectivity index (χ0) is 31.6. The monoisotopic (exact) mass is 627 g/mol. The quantitative estimate of drug-likeness (QED) is 0.183. The Hall–Kier alpha value is -5.96. The van der Waals surface area contributed by atoms with E-state index in [9.17, 15) is 0 Å². The molecule has 0 bridgehead atoms. The Bertz CT molecular complexity index is 2750. The van der Waals surface area contributed by atoms with Crippen molar-refractivity contribution >= 4 is 64.1 Å². The summed E-state index contributed by atoms with van der Waals surface area (Å²) in [5.74, 6) is 0. The van der Waals surface area contributed by atoms with Crippen LogP contribution in [-0.2, 0) is 0 Å². The van der Waals surface area contributed by atoms with E-state index in [2.05, 4.69) is 180 Å². The van der Waals surface area contributed by atoms with Crippen LogP contribution in [0, 0.1) is 0 Å². The highest BCUT2D eigenvalue weighted by molar-refractivity contribution is 7.26. The van der Waals surface area contributed by atoms with Gasteiger partial charge in [0.25, 0.3) is 0 Å². The van der Waals surface area contributed by atoms with Gasteiger partial charge in [-0.2, -0.15) is 0 Å². The zero-order valence-corrected chi connectivity index (χ0v) is 26.9. The van der Waals surface area contributed by atoms with Gasteiger partial charge < -0.3 is 4.57 Å². The number of thiophene rings is 1. The van der Waals surface area contributed by atoms with Gasteiger partial charge in [-0.25, -0.2) is 0 Å². The summed E-state index contributed by atoms with van der Waals surface area (Å²) < 4.78 is 5.15. The molecular weight excluding hydrogens is 599 g/mol. The van der Waals surface area contributed by atoms with Crippen LogP contribution in [0.4, 0.5) is 0 Å². The average molecular weight is 628 g/mol. The topological polar surface area (TPSA) is 4.93 Å². The fourth-order valence-electron chi connectivity index (χ4n) is 7.51. The molecule has 0 fully saturated rings. The van der Waals surface area contributed by atoms with E-state index in [1.54, 1.807) is 0 Å². The second-order valence-electron chi connectivity index (χ2n) is 12.5. The van der Waals surface area contributed by atoms with E-state index in [4.69, 9.17) is 0 Å². The molecule has 0 aliphatic carbocycles. The molecule has 48 heavy (non-hydrogen) atoms. The molecule has 0 saturated heterocycles. The summed E-state index contributed by atoms with van der Waals surface area (Å²) in [7, 11) is 0. The highest BCUT2D eigenvalue weighted by Gasteiger charge is 2.19. The number of rotatable bonds is 4. The van der Waals surface area contributed by atoms with Gasteiger partial charge >= 0.3 is 0 Å². The van der Waals surface area contributed by atoms with Crippen LogP contribution in [0.1, 0.15) is 0 Å². The molecule has 10 aromatic rings. The largest absolute Gasteiger partial charge is 0.308 e. The van der Waals surface area contributed by atoms with Crippen molar-refractivity contribution in [3.8, 4) is 39.1 Å². The van der Waals surface area contributed by atoms with Crippen LogP contribution in [-0.4, -0.2) is 4.57 Å². The predicted molar refractivity (Wildman–Crippen MR) is 207 cm³/mol. The van der Waals surface area contributed by atoms with Gasteiger partial charge in [-0.3, -0.25) is 0 Å². The minimum Gasteiger partial charge on any atom is -0.308 e. The molecule has 2 heterocycles. The average Bonchev–Trinajstić information content (AvgIpc) is 3.72. The van der Waals surface area contributed by atoms with Crippen LogP contribution in [0.25, 0.3) is 91.8 Å². The van der Waals surface area contributed by atoms with Crippen molar-refractivity contribution in [2.24, 2.45) is 0 Å². The number of hydrogen-bond acceptors (Lipinski definition) is 1. The third-order valence-electron chi connectivity index (χ3n) is 9.77. The van der Waals surface area contributed by atoms with Crippen molar-refractivity contribution in [2.45, 2.75) is 0 Å². The second-order valence-corrected chi connectivity index (χ2v) is 13.6. The van der Waals surface area contributed by atoms with Gasteiger partial charge in [-0.1, -0.05) is 133 Å². The van der Waals surface area contributed by atoms with Gasteiger partial charge in [0, 0.05) is 31.9 Å². The number of aromatic nitrogens is 1. The van der Waals surface area contributed by atoms with Gasteiger partial charge in [-0.15, -0.1) is 11.3 Å². The van der Waals surface area contributed by atoms with Crippen molar-refractivity contribution in [2.75, 3.05) is 0 Å². The molecule has 0 aliphatic heterocycles. The van der Waals surface area contributed by atoms with E-state index in [-0.39, 0.29) is 0 Å². The summed E-state index contributed by atoms with van der Waals surface area (Å²) in [6.07, 6.45) is 0. The fourth-order valence-corrected chi connectivity index (χ4v) is 8.75. The second kappa shape index (κ2) is 10.8. The highest BCUT2D eigenvalue weighted by Crippen LogP contribution is 2.45. The lowest BCUT2D eigenvalue weighted by Crippen LogP contribution is -1.94. The molecule has 1 nitrogen and oxygen atoms in total. The Morgan fingerprint density at radius 1 is 0.375 bits per heavy atom. The zero-order valence-electron chi connectivity index (χ0n) is 26.1. The van der Waals surface area contributed by atoms with E-state index in [0.29, 0.717) is 0 Å². The van der Waals surface area contributed by atoms with Crippen LogP contribution >= 0.6 is 11.3 Å². The van der Waals surface area contributed by atoms with Crippen LogP contribution in [0.3, 0.4) is 0 Å². The van der Waals surface area contributed by atoms with Gasteiger partial charge in [0.05, 0.1) is 15.7 Å². The normalized spacial score (nSPS) is 11.8. The molecule has 2 heteroatoms. The first kappa shape index (κ1) is 27.2. The first-order valence-corrected chi connectivity index (χ1v) is 17.2. The molecule has 10 rings (SSSR count). The Labute approximate surface area is 282 Å². The fraction of sp³-hybridized carbons (Fsp3) is 0. The Balaban J connectivity index is 1.20. The maximum absolute atomic E-state index is 2.49. The Morgan fingerprint density at radius 2 is 0.938 bits per heavy atom. The number of nitrogens with zero attached hydrogens (tertiary/aromatic N) is 1. The lowest BCUT2D eigenvalue weighted by molar-refractivity contribution is 1.19. The molecule has 224 valence electrons. The Morgan fingerprint density at radius 3 is 1.62 bits per heavy atom. The third-order valence-corrected chi connectivity index (χ3v) is 11.0. The van der Waals surface area contributed by atoms with Crippen molar-refractivity contribution in [3.63, 3.8) is 0 Å². The van der Waals surface area contributed by atoms with Gasteiger partial charge in [-0.05, 0) is 86.6 Å². The van der Waals surface area contributed by atoms with Crippen LogP contribution in [0.15, 0.2) is 176 Å². The molecule has 8 aromatic carbocycles. The van der Waals surface area contributed by atoms with E-state index < -0.39 is 0 Å². The molecule has 0 saturated carbocycles. The standard InChI is InChI=1S/C46H29NS/c1-3-11-30(12-4-1)34-27-35(31-13-5-2-6-14-31)29-36(28-34)32-19-22-37(23-20-32)47-42-26-21-33-15-7-8-16-38(33)44(42)41-25-24-40-39-17-9-10-18-43(39)48-46(40)45(41)47/h1-29H. The van der Waals surface area contributed by atoms with E-state index in [1.807, 2.05) is 11.3 Å². The van der Waals surface area contributed by atoms with E-state index in [0.717, 1.165) is 0 Å². The highest BCUT2D eigenvalue weighted by atomic mass is 32.1. The van der Waals surface area contributed by atoms with Crippen molar-refractivity contribution in [1.29, 1.82) is 0 Å². The maximum atomic E-state index is 2.49. The molecule has 0 N–H and O–H groups in total. The smallest absolute Gasteiger partial charge is 0.0719 e. The summed E-state index contributed by atoms with van der Waals surface area (Å²) >= 11 is 1.90. The van der Waals surface area contributed by atoms with Gasteiger partial charge in [0.2, 0.25) is 0 Å².